The first-order valence-corrected chi connectivity index (χ1v) is 16.5. The third-order valence-corrected chi connectivity index (χ3v) is 9.49. The van der Waals surface area contributed by atoms with Gasteiger partial charge in [0, 0.05) is 18.0 Å². The van der Waals surface area contributed by atoms with E-state index in [4.69, 9.17) is 9.72 Å². The fourth-order valence-corrected chi connectivity index (χ4v) is 7.08. The highest BCUT2D eigenvalue weighted by Crippen LogP contribution is 2.57. The number of rotatable bonds is 5. The van der Waals surface area contributed by atoms with E-state index in [0.29, 0.717) is 0 Å². The van der Waals surface area contributed by atoms with Crippen LogP contribution in [0.15, 0.2) is 115 Å². The van der Waals surface area contributed by atoms with Crippen LogP contribution in [0.2, 0.25) is 0 Å². The number of pyridine rings is 1. The van der Waals surface area contributed by atoms with Crippen molar-refractivity contribution in [3.63, 3.8) is 0 Å². The van der Waals surface area contributed by atoms with Crippen molar-refractivity contribution in [1.82, 2.24) is 14.8 Å². The van der Waals surface area contributed by atoms with Crippen molar-refractivity contribution in [1.29, 1.82) is 0 Å². The molecule has 236 valence electrons. The van der Waals surface area contributed by atoms with E-state index in [-0.39, 0.29) is 10.8 Å². The molecule has 0 unspecified atom stereocenters. The smallest absolute Gasteiger partial charge is 0.129 e. The number of aryl methyl sites for hydroxylation is 2. The van der Waals surface area contributed by atoms with E-state index in [0.717, 1.165) is 39.8 Å². The van der Waals surface area contributed by atoms with Crippen LogP contribution in [-0.2, 0) is 16.2 Å². The van der Waals surface area contributed by atoms with Gasteiger partial charge in [0.05, 0.1) is 22.5 Å². The molecule has 0 aliphatic heterocycles. The Hall–Kier alpha value is -4.96. The molecule has 4 heteroatoms. The number of benzene rings is 4. The van der Waals surface area contributed by atoms with Gasteiger partial charge in [0.1, 0.15) is 11.5 Å². The van der Waals surface area contributed by atoms with Gasteiger partial charge >= 0.3 is 0 Å². The quantitative estimate of drug-likeness (QED) is 0.193. The average Bonchev–Trinajstić information content (AvgIpc) is 3.54. The summed E-state index contributed by atoms with van der Waals surface area (Å²) in [6.45, 7) is 17.8. The molecule has 0 atom stereocenters. The molecule has 2 aromatic heterocycles. The van der Waals surface area contributed by atoms with Crippen LogP contribution in [0, 0.1) is 13.8 Å². The van der Waals surface area contributed by atoms with Crippen LogP contribution in [0.3, 0.4) is 0 Å². The second kappa shape index (κ2) is 11.1. The fourth-order valence-electron chi connectivity index (χ4n) is 7.08. The molecule has 0 spiro atoms. The molecule has 4 aromatic carbocycles. The largest absolute Gasteiger partial charge is 0.457 e. The molecular formula is C43H43N3O. The normalized spacial score (nSPS) is 13.7. The second-order valence-corrected chi connectivity index (χ2v) is 15.0. The van der Waals surface area contributed by atoms with Gasteiger partial charge in [0.15, 0.2) is 0 Å². The molecule has 0 saturated carbocycles. The van der Waals surface area contributed by atoms with E-state index < -0.39 is 5.41 Å². The molecule has 0 radical (unpaired) electrons. The summed E-state index contributed by atoms with van der Waals surface area (Å²) >= 11 is 0. The molecule has 1 aliphatic carbocycles. The lowest BCUT2D eigenvalue weighted by molar-refractivity contribution is 0.480. The lowest BCUT2D eigenvalue weighted by atomic mass is 9.69. The van der Waals surface area contributed by atoms with E-state index >= 15 is 0 Å². The molecule has 6 aromatic rings. The van der Waals surface area contributed by atoms with Crippen molar-refractivity contribution < 1.29 is 4.74 Å². The molecule has 2 heterocycles. The van der Waals surface area contributed by atoms with Crippen molar-refractivity contribution in [3.05, 3.63) is 160 Å². The number of hydrogen-bond acceptors (Lipinski definition) is 3. The third kappa shape index (κ3) is 5.26. The summed E-state index contributed by atoms with van der Waals surface area (Å²) in [6.07, 6.45) is 1.91. The number of hydrogen-bond donors (Lipinski definition) is 0. The molecule has 4 nitrogen and oxygen atoms in total. The van der Waals surface area contributed by atoms with Crippen molar-refractivity contribution in [2.24, 2.45) is 0 Å². The molecule has 7 rings (SSSR count). The zero-order chi connectivity index (χ0) is 33.1. The molecule has 0 N–H and O–H groups in total. The summed E-state index contributed by atoms with van der Waals surface area (Å²) < 4.78 is 8.57. The van der Waals surface area contributed by atoms with Crippen LogP contribution in [0.4, 0.5) is 0 Å². The second-order valence-electron chi connectivity index (χ2n) is 15.0. The summed E-state index contributed by atoms with van der Waals surface area (Å²) in [4.78, 5) is 5.07. The first-order valence-electron chi connectivity index (χ1n) is 16.5. The van der Waals surface area contributed by atoms with Gasteiger partial charge in [-0.05, 0) is 106 Å². The van der Waals surface area contributed by atoms with Gasteiger partial charge in [-0.1, -0.05) is 102 Å². The first-order chi connectivity index (χ1) is 22.4. The van der Waals surface area contributed by atoms with Gasteiger partial charge in [-0.15, -0.1) is 0 Å². The van der Waals surface area contributed by atoms with Gasteiger partial charge in [-0.3, -0.25) is 4.98 Å². The summed E-state index contributed by atoms with van der Waals surface area (Å²) in [7, 11) is 0. The molecule has 0 bridgehead atoms. The van der Waals surface area contributed by atoms with E-state index in [1.54, 1.807) is 0 Å². The maximum absolute atomic E-state index is 6.61. The van der Waals surface area contributed by atoms with Crippen LogP contribution >= 0.6 is 0 Å². The molecule has 47 heavy (non-hydrogen) atoms. The van der Waals surface area contributed by atoms with Crippen molar-refractivity contribution in [3.8, 4) is 28.3 Å². The molecule has 0 amide bonds. The summed E-state index contributed by atoms with van der Waals surface area (Å²) in [5, 5.41) is 4.68. The minimum atomic E-state index is -0.621. The molecule has 1 aliphatic rings. The molecular weight excluding hydrogens is 574 g/mol. The highest BCUT2D eigenvalue weighted by Gasteiger charge is 2.48. The third-order valence-electron chi connectivity index (χ3n) is 9.49. The van der Waals surface area contributed by atoms with Crippen molar-refractivity contribution in [2.45, 2.75) is 71.6 Å². The summed E-state index contributed by atoms with van der Waals surface area (Å²) in [6, 6.07) is 39.1. The number of aromatic nitrogens is 3. The van der Waals surface area contributed by atoms with E-state index in [9.17, 15) is 0 Å². The molecule has 0 fully saturated rings. The highest BCUT2D eigenvalue weighted by molar-refractivity contribution is 5.87. The van der Waals surface area contributed by atoms with Crippen LogP contribution in [0.5, 0.6) is 11.5 Å². The summed E-state index contributed by atoms with van der Waals surface area (Å²) in [5.41, 5.74) is 12.2. The van der Waals surface area contributed by atoms with Gasteiger partial charge < -0.3 is 4.74 Å². The predicted octanol–water partition coefficient (Wildman–Crippen LogP) is 10.6. The molecule has 0 saturated heterocycles. The maximum Gasteiger partial charge on any atom is 0.129 e. The first kappa shape index (κ1) is 30.7. The van der Waals surface area contributed by atoms with Crippen LogP contribution in [-0.4, -0.2) is 14.8 Å². The van der Waals surface area contributed by atoms with E-state index in [1.165, 1.54) is 33.4 Å². The maximum atomic E-state index is 6.61. The van der Waals surface area contributed by atoms with Gasteiger partial charge in [-0.25, -0.2) is 4.68 Å². The van der Waals surface area contributed by atoms with Crippen LogP contribution < -0.4 is 4.74 Å². The predicted molar refractivity (Wildman–Crippen MR) is 192 cm³/mol. The topological polar surface area (TPSA) is 39.9 Å². The zero-order valence-corrected chi connectivity index (χ0v) is 28.7. The monoisotopic (exact) mass is 617 g/mol. The van der Waals surface area contributed by atoms with Gasteiger partial charge in [0.25, 0.3) is 0 Å². The Bertz CT molecular complexity index is 2040. The Morgan fingerprint density at radius 1 is 0.617 bits per heavy atom. The van der Waals surface area contributed by atoms with Crippen LogP contribution in [0.1, 0.15) is 86.4 Å². The number of nitrogens with zero attached hydrogens (tertiary/aromatic N) is 3. The average molecular weight is 618 g/mol. The summed E-state index contributed by atoms with van der Waals surface area (Å²) in [5.74, 6) is 1.53. The lowest BCUT2D eigenvalue weighted by Gasteiger charge is -2.33. The van der Waals surface area contributed by atoms with Gasteiger partial charge in [0.2, 0.25) is 0 Å². The van der Waals surface area contributed by atoms with Crippen molar-refractivity contribution in [2.75, 3.05) is 0 Å². The zero-order valence-electron chi connectivity index (χ0n) is 28.7. The highest BCUT2D eigenvalue weighted by atomic mass is 16.5. The Kier molecular flexibility index (Phi) is 7.24. The van der Waals surface area contributed by atoms with Gasteiger partial charge in [-0.2, -0.15) is 5.10 Å². The Balaban J connectivity index is 1.43. The lowest BCUT2D eigenvalue weighted by Crippen LogP contribution is -2.30. The standard InChI is InChI=1S/C43H43N3O/c1-28-23-29(2)46(45-28)33-14-12-16-35(27-33)47-34-15-11-13-32(24-34)43(40-17-9-10-22-44-40)38-20-18-30(41(3,4)5)25-36(38)37-26-31(42(6,7)8)19-21-39(37)43/h9-27H,1-8H3. The fraction of sp³-hybridized carbons (Fsp3) is 0.256. The van der Waals surface area contributed by atoms with E-state index in [1.807, 2.05) is 48.1 Å². The van der Waals surface area contributed by atoms with Crippen LogP contribution in [0.25, 0.3) is 16.8 Å². The number of fused-ring (bicyclic) bond motifs is 3. The SMILES string of the molecule is Cc1cc(C)n(-c2cccc(Oc3cccc(C4(c5ccccn5)c5ccc(C(C)(C)C)cc5-c5cc(C(C)(C)C)ccc54)c3)c2)n1. The Labute approximate surface area is 279 Å². The van der Waals surface area contributed by atoms with Crippen molar-refractivity contribution >= 4 is 0 Å². The minimum Gasteiger partial charge on any atom is -0.457 e. The minimum absolute atomic E-state index is 0.0166. The number of ether oxygens (including phenoxy) is 1. The van der Waals surface area contributed by atoms with E-state index in [2.05, 4.69) is 132 Å². The Morgan fingerprint density at radius 2 is 1.23 bits per heavy atom. The Morgan fingerprint density at radius 3 is 1.79 bits per heavy atom.